The van der Waals surface area contributed by atoms with Crippen molar-refractivity contribution in [1.82, 2.24) is 9.29 Å². The number of carbonyl (C=O) groups is 2. The molecule has 1 aromatic carbocycles. The highest BCUT2D eigenvalue weighted by Crippen LogP contribution is 2.24. The van der Waals surface area contributed by atoms with Gasteiger partial charge in [0.15, 0.2) is 5.13 Å². The van der Waals surface area contributed by atoms with Crippen molar-refractivity contribution in [2.24, 2.45) is 5.92 Å². The fourth-order valence-electron chi connectivity index (χ4n) is 3.27. The zero-order valence-corrected chi connectivity index (χ0v) is 18.6. The number of sulfonamides is 1. The first-order valence-corrected chi connectivity index (χ1v) is 12.1. The summed E-state index contributed by atoms with van der Waals surface area (Å²) in [7, 11) is -3.56. The number of carbonyl (C=O) groups excluding carboxylic acids is 2. The molecule has 1 aliphatic heterocycles. The molecule has 8 nitrogen and oxygen atoms in total. The average Bonchev–Trinajstić information content (AvgIpc) is 3.14. The first-order chi connectivity index (χ1) is 14.3. The van der Waals surface area contributed by atoms with Crippen LogP contribution in [0.4, 0.5) is 5.13 Å². The first kappa shape index (κ1) is 22.4. The minimum Gasteiger partial charge on any atom is -0.466 e. The van der Waals surface area contributed by atoms with E-state index < -0.39 is 15.9 Å². The molecule has 0 spiro atoms. The maximum Gasteiger partial charge on any atom is 0.311 e. The van der Waals surface area contributed by atoms with Crippen LogP contribution in [0, 0.1) is 5.92 Å². The van der Waals surface area contributed by atoms with Crippen LogP contribution < -0.4 is 5.32 Å². The van der Waals surface area contributed by atoms with Crippen LogP contribution in [0.25, 0.3) is 0 Å². The van der Waals surface area contributed by atoms with E-state index in [1.54, 1.807) is 12.3 Å². The van der Waals surface area contributed by atoms with Gasteiger partial charge in [-0.25, -0.2) is 13.4 Å². The molecule has 1 atom stereocenters. The van der Waals surface area contributed by atoms with Gasteiger partial charge < -0.3 is 4.74 Å². The van der Waals surface area contributed by atoms with Gasteiger partial charge in [0.05, 0.1) is 23.6 Å². The van der Waals surface area contributed by atoms with Crippen LogP contribution in [0.3, 0.4) is 0 Å². The molecule has 1 N–H and O–H groups in total. The third-order valence-electron chi connectivity index (χ3n) is 4.78. The van der Waals surface area contributed by atoms with Crippen LogP contribution in [0.1, 0.15) is 42.7 Å². The minimum atomic E-state index is -3.56. The fraction of sp³-hybridized carbons (Fsp3) is 0.450. The highest BCUT2D eigenvalue weighted by molar-refractivity contribution is 7.89. The number of esters is 1. The lowest BCUT2D eigenvalue weighted by molar-refractivity contribution is -0.142. The van der Waals surface area contributed by atoms with E-state index >= 15 is 0 Å². The van der Waals surface area contributed by atoms with Gasteiger partial charge in [0.25, 0.3) is 5.91 Å². The lowest BCUT2D eigenvalue weighted by atomic mass is 10.0. The Morgan fingerprint density at radius 2 is 2.03 bits per heavy atom. The van der Waals surface area contributed by atoms with Gasteiger partial charge in [0.1, 0.15) is 0 Å². The van der Waals surface area contributed by atoms with Gasteiger partial charge in [-0.1, -0.05) is 6.92 Å². The molecular formula is C20H25N3O5S2. The standard InChI is InChI=1S/C20H25N3O5S2/c1-3-28-18(24)11-16-13-29-20(21-16)22-19(25)15-6-8-17(9-7-15)30(26,27)23-10-4-5-14(2)12-23/h6-9,13-14H,3-5,10-12H2,1-2H3,(H,21,22,25). The Balaban J connectivity index is 1.64. The van der Waals surface area contributed by atoms with Crippen LogP contribution >= 0.6 is 11.3 Å². The number of nitrogens with one attached hydrogen (secondary N) is 1. The van der Waals surface area contributed by atoms with E-state index in [0.717, 1.165) is 12.8 Å². The average molecular weight is 452 g/mol. The summed E-state index contributed by atoms with van der Waals surface area (Å²) in [6.07, 6.45) is 1.93. The van der Waals surface area contributed by atoms with E-state index in [2.05, 4.69) is 10.3 Å². The molecule has 10 heteroatoms. The first-order valence-electron chi connectivity index (χ1n) is 9.81. The van der Waals surface area contributed by atoms with Gasteiger partial charge in [-0.05, 0) is 49.9 Å². The number of thiazole rings is 1. The molecule has 0 bridgehead atoms. The Labute approximate surface area is 180 Å². The second-order valence-electron chi connectivity index (χ2n) is 7.21. The summed E-state index contributed by atoms with van der Waals surface area (Å²) in [6.45, 7) is 5.12. The van der Waals surface area contributed by atoms with E-state index in [1.165, 1.54) is 39.9 Å². The summed E-state index contributed by atoms with van der Waals surface area (Å²) in [6, 6.07) is 5.89. The van der Waals surface area contributed by atoms with Gasteiger partial charge in [0.2, 0.25) is 10.0 Å². The maximum atomic E-state index is 12.8. The van der Waals surface area contributed by atoms with Gasteiger partial charge in [0, 0.05) is 24.0 Å². The topological polar surface area (TPSA) is 106 Å². The summed E-state index contributed by atoms with van der Waals surface area (Å²) in [5.41, 5.74) is 0.842. The second-order valence-corrected chi connectivity index (χ2v) is 10.0. The van der Waals surface area contributed by atoms with E-state index in [9.17, 15) is 18.0 Å². The third-order valence-corrected chi connectivity index (χ3v) is 7.46. The number of ether oxygens (including phenoxy) is 1. The molecule has 1 amide bonds. The lowest BCUT2D eigenvalue weighted by Gasteiger charge is -2.30. The molecule has 0 radical (unpaired) electrons. The van der Waals surface area contributed by atoms with Crippen molar-refractivity contribution in [1.29, 1.82) is 0 Å². The third kappa shape index (κ3) is 5.44. The smallest absolute Gasteiger partial charge is 0.311 e. The summed E-state index contributed by atoms with van der Waals surface area (Å²) in [5.74, 6) is -0.436. The van der Waals surface area contributed by atoms with E-state index in [-0.39, 0.29) is 17.3 Å². The Morgan fingerprint density at radius 3 is 2.70 bits per heavy atom. The van der Waals surface area contributed by atoms with Crippen LogP contribution in [-0.4, -0.2) is 49.3 Å². The molecule has 1 aromatic heterocycles. The maximum absolute atomic E-state index is 12.8. The predicted octanol–water partition coefficient (Wildman–Crippen LogP) is 2.92. The van der Waals surface area contributed by atoms with E-state index in [4.69, 9.17) is 4.74 Å². The number of amides is 1. The zero-order valence-electron chi connectivity index (χ0n) is 17.0. The second kappa shape index (κ2) is 9.67. The highest BCUT2D eigenvalue weighted by Gasteiger charge is 2.28. The van der Waals surface area contributed by atoms with Crippen LogP contribution in [0.5, 0.6) is 0 Å². The van der Waals surface area contributed by atoms with Crippen molar-refractivity contribution in [3.05, 3.63) is 40.9 Å². The molecule has 2 aromatic rings. The number of nitrogens with zero attached hydrogens (tertiary/aromatic N) is 2. The highest BCUT2D eigenvalue weighted by atomic mass is 32.2. The molecule has 30 heavy (non-hydrogen) atoms. The summed E-state index contributed by atoms with van der Waals surface area (Å²) >= 11 is 1.21. The number of rotatable bonds is 7. The normalized spacial score (nSPS) is 17.5. The van der Waals surface area contributed by atoms with E-state index in [1.807, 2.05) is 6.92 Å². The largest absolute Gasteiger partial charge is 0.466 e. The monoisotopic (exact) mass is 451 g/mol. The summed E-state index contributed by atoms with van der Waals surface area (Å²) < 4.78 is 32.0. The van der Waals surface area contributed by atoms with Crippen molar-refractivity contribution in [3.8, 4) is 0 Å². The van der Waals surface area contributed by atoms with E-state index in [0.29, 0.717) is 42.0 Å². The summed E-state index contributed by atoms with van der Waals surface area (Å²) in [4.78, 5) is 28.4. The molecule has 1 unspecified atom stereocenters. The molecule has 2 heterocycles. The number of anilines is 1. The number of hydrogen-bond acceptors (Lipinski definition) is 7. The molecule has 1 aliphatic rings. The molecule has 1 saturated heterocycles. The van der Waals surface area contributed by atoms with Crippen LogP contribution in [-0.2, 0) is 26.0 Å². The Hall–Kier alpha value is -2.30. The van der Waals surface area contributed by atoms with Gasteiger partial charge in [-0.3, -0.25) is 14.9 Å². The molecule has 0 aliphatic carbocycles. The molecule has 3 rings (SSSR count). The Bertz CT molecular complexity index is 1000. The zero-order chi connectivity index (χ0) is 21.7. The Kier molecular flexibility index (Phi) is 7.22. The van der Waals surface area contributed by atoms with Crippen molar-refractivity contribution < 1.29 is 22.7 Å². The van der Waals surface area contributed by atoms with Crippen molar-refractivity contribution in [2.75, 3.05) is 25.0 Å². The molecule has 1 fully saturated rings. The Morgan fingerprint density at radius 1 is 1.30 bits per heavy atom. The van der Waals surface area contributed by atoms with Gasteiger partial charge >= 0.3 is 5.97 Å². The van der Waals surface area contributed by atoms with Gasteiger partial charge in [-0.15, -0.1) is 11.3 Å². The fourth-order valence-corrected chi connectivity index (χ4v) is 5.57. The SMILES string of the molecule is CCOC(=O)Cc1csc(NC(=O)c2ccc(S(=O)(=O)N3CCCC(C)C3)cc2)n1. The minimum absolute atomic E-state index is 0.0435. The quantitative estimate of drug-likeness (QED) is 0.649. The van der Waals surface area contributed by atoms with Crippen LogP contribution in [0.2, 0.25) is 0 Å². The number of benzene rings is 1. The molecular weight excluding hydrogens is 426 g/mol. The van der Waals surface area contributed by atoms with Crippen molar-refractivity contribution in [2.45, 2.75) is 38.0 Å². The molecule has 162 valence electrons. The number of piperidine rings is 1. The van der Waals surface area contributed by atoms with Crippen molar-refractivity contribution >= 4 is 38.4 Å². The lowest BCUT2D eigenvalue weighted by Crippen LogP contribution is -2.39. The predicted molar refractivity (Wildman–Crippen MR) is 114 cm³/mol. The van der Waals surface area contributed by atoms with Crippen molar-refractivity contribution in [3.63, 3.8) is 0 Å². The summed E-state index contributed by atoms with van der Waals surface area (Å²) in [5, 5.41) is 4.71. The number of hydrogen-bond donors (Lipinski definition) is 1. The van der Waals surface area contributed by atoms with Gasteiger partial charge in [-0.2, -0.15) is 4.31 Å². The molecule has 0 saturated carbocycles. The number of aromatic nitrogens is 1. The van der Waals surface area contributed by atoms with Crippen LogP contribution in [0.15, 0.2) is 34.5 Å².